The van der Waals surface area contributed by atoms with Crippen molar-refractivity contribution in [2.75, 3.05) is 5.32 Å². The molecule has 7 heteroatoms. The van der Waals surface area contributed by atoms with Gasteiger partial charge in [-0.15, -0.1) is 0 Å². The third kappa shape index (κ3) is 3.08. The number of hydrogen-bond donors (Lipinski definition) is 2. The van der Waals surface area contributed by atoms with Crippen LogP contribution in [0.3, 0.4) is 0 Å². The SMILES string of the molecule is O=C(Nc1ccc(Cl)c(O)c1)c1c(F)cc(Br)cc1F. The van der Waals surface area contributed by atoms with Gasteiger partial charge in [-0.05, 0) is 24.3 Å². The number of rotatable bonds is 2. The maximum Gasteiger partial charge on any atom is 0.261 e. The Morgan fingerprint density at radius 1 is 1.20 bits per heavy atom. The molecule has 0 aromatic heterocycles. The molecule has 0 aliphatic heterocycles. The van der Waals surface area contributed by atoms with Gasteiger partial charge in [-0.1, -0.05) is 27.5 Å². The number of amides is 1. The van der Waals surface area contributed by atoms with Gasteiger partial charge in [-0.25, -0.2) is 8.78 Å². The largest absolute Gasteiger partial charge is 0.506 e. The number of phenols is 1. The summed E-state index contributed by atoms with van der Waals surface area (Å²) < 4.78 is 27.4. The first-order valence-corrected chi connectivity index (χ1v) is 6.50. The van der Waals surface area contributed by atoms with E-state index in [4.69, 9.17) is 11.6 Å². The van der Waals surface area contributed by atoms with Gasteiger partial charge < -0.3 is 10.4 Å². The van der Waals surface area contributed by atoms with Crippen LogP contribution >= 0.6 is 27.5 Å². The van der Waals surface area contributed by atoms with E-state index in [1.165, 1.54) is 18.2 Å². The number of benzene rings is 2. The third-order valence-corrected chi connectivity index (χ3v) is 3.22. The van der Waals surface area contributed by atoms with Gasteiger partial charge >= 0.3 is 0 Å². The van der Waals surface area contributed by atoms with Crippen LogP contribution in [0.1, 0.15) is 10.4 Å². The molecule has 2 rings (SSSR count). The summed E-state index contributed by atoms with van der Waals surface area (Å²) in [6.45, 7) is 0. The molecular weight excluding hydrogens is 356 g/mol. The van der Waals surface area contributed by atoms with Gasteiger partial charge in [0, 0.05) is 16.2 Å². The van der Waals surface area contributed by atoms with Crippen LogP contribution in [0.5, 0.6) is 5.75 Å². The fraction of sp³-hybridized carbons (Fsp3) is 0. The quantitative estimate of drug-likeness (QED) is 0.835. The molecule has 0 aliphatic rings. The topological polar surface area (TPSA) is 49.3 Å². The van der Waals surface area contributed by atoms with Crippen molar-refractivity contribution in [2.45, 2.75) is 0 Å². The Morgan fingerprint density at radius 2 is 1.80 bits per heavy atom. The van der Waals surface area contributed by atoms with Crippen molar-refractivity contribution in [1.82, 2.24) is 0 Å². The lowest BCUT2D eigenvalue weighted by atomic mass is 10.1. The highest BCUT2D eigenvalue weighted by Gasteiger charge is 2.18. The highest BCUT2D eigenvalue weighted by Crippen LogP contribution is 2.27. The lowest BCUT2D eigenvalue weighted by Crippen LogP contribution is -2.15. The molecule has 0 unspecified atom stereocenters. The Kier molecular flexibility index (Phi) is 4.25. The lowest BCUT2D eigenvalue weighted by Gasteiger charge is -2.08. The number of nitrogens with one attached hydrogen (secondary N) is 1. The summed E-state index contributed by atoms with van der Waals surface area (Å²) in [5.41, 5.74) is -0.541. The lowest BCUT2D eigenvalue weighted by molar-refractivity contribution is 0.101. The molecule has 0 bridgehead atoms. The summed E-state index contributed by atoms with van der Waals surface area (Å²) >= 11 is 8.54. The molecule has 0 saturated carbocycles. The fourth-order valence-electron chi connectivity index (χ4n) is 1.54. The number of aromatic hydroxyl groups is 1. The molecule has 1 amide bonds. The van der Waals surface area contributed by atoms with E-state index in [0.29, 0.717) is 0 Å². The minimum absolute atomic E-state index is 0.101. The summed E-state index contributed by atoms with van der Waals surface area (Å²) in [5, 5.41) is 11.8. The second kappa shape index (κ2) is 5.76. The third-order valence-electron chi connectivity index (χ3n) is 2.44. The van der Waals surface area contributed by atoms with E-state index in [2.05, 4.69) is 21.2 Å². The van der Waals surface area contributed by atoms with Gasteiger partial charge in [-0.2, -0.15) is 0 Å². The minimum Gasteiger partial charge on any atom is -0.506 e. The Bertz CT molecular complexity index is 671. The Hall–Kier alpha value is -1.66. The van der Waals surface area contributed by atoms with Crippen molar-refractivity contribution in [3.8, 4) is 5.75 Å². The Balaban J connectivity index is 2.31. The van der Waals surface area contributed by atoms with Crippen molar-refractivity contribution in [2.24, 2.45) is 0 Å². The van der Waals surface area contributed by atoms with Crippen LogP contribution in [-0.2, 0) is 0 Å². The summed E-state index contributed by atoms with van der Waals surface area (Å²) in [5.74, 6) is -3.20. The van der Waals surface area contributed by atoms with E-state index in [1.807, 2.05) is 0 Å². The van der Waals surface area contributed by atoms with E-state index < -0.39 is 23.1 Å². The molecule has 0 atom stereocenters. The Morgan fingerprint density at radius 3 is 2.35 bits per heavy atom. The molecule has 20 heavy (non-hydrogen) atoms. The molecule has 0 radical (unpaired) electrons. The minimum atomic E-state index is -0.993. The zero-order chi connectivity index (χ0) is 14.9. The summed E-state index contributed by atoms with van der Waals surface area (Å²) in [6, 6.07) is 5.89. The van der Waals surface area contributed by atoms with Gasteiger partial charge in [0.15, 0.2) is 0 Å². The van der Waals surface area contributed by atoms with Crippen molar-refractivity contribution >= 4 is 39.1 Å². The van der Waals surface area contributed by atoms with Crippen molar-refractivity contribution in [3.05, 3.63) is 57.0 Å². The van der Waals surface area contributed by atoms with Crippen molar-refractivity contribution in [3.63, 3.8) is 0 Å². The summed E-state index contributed by atoms with van der Waals surface area (Å²) in [4.78, 5) is 11.8. The van der Waals surface area contributed by atoms with Crippen LogP contribution in [0.15, 0.2) is 34.8 Å². The zero-order valence-electron chi connectivity index (χ0n) is 9.75. The van der Waals surface area contributed by atoms with E-state index in [1.54, 1.807) is 0 Å². The molecule has 0 aliphatic carbocycles. The number of phenolic OH excluding ortho intramolecular Hbond substituents is 1. The summed E-state index contributed by atoms with van der Waals surface area (Å²) in [6.07, 6.45) is 0. The predicted molar refractivity (Wildman–Crippen MR) is 75.1 cm³/mol. The average molecular weight is 363 g/mol. The van der Waals surface area contributed by atoms with E-state index in [-0.39, 0.29) is 20.9 Å². The number of carbonyl (C=O) groups excluding carboxylic acids is 1. The number of halogens is 4. The number of hydrogen-bond acceptors (Lipinski definition) is 2. The standard InChI is InChI=1S/C13H7BrClF2NO2/c14-6-3-9(16)12(10(17)4-6)13(20)18-7-1-2-8(15)11(19)5-7/h1-5,19H,(H,18,20). The van der Waals surface area contributed by atoms with Crippen LogP contribution in [-0.4, -0.2) is 11.0 Å². The molecule has 104 valence electrons. The molecule has 0 saturated heterocycles. The number of carbonyl (C=O) groups is 1. The van der Waals surface area contributed by atoms with Crippen LogP contribution in [0.4, 0.5) is 14.5 Å². The van der Waals surface area contributed by atoms with E-state index >= 15 is 0 Å². The second-order valence-corrected chi connectivity index (χ2v) is 5.19. The van der Waals surface area contributed by atoms with Crippen LogP contribution in [0, 0.1) is 11.6 Å². The molecule has 2 aromatic carbocycles. The normalized spacial score (nSPS) is 10.4. The first-order valence-electron chi connectivity index (χ1n) is 5.33. The predicted octanol–water partition coefficient (Wildman–Crippen LogP) is 4.34. The van der Waals surface area contributed by atoms with Gasteiger partial charge in [-0.3, -0.25) is 4.79 Å². The van der Waals surface area contributed by atoms with Gasteiger partial charge in [0.25, 0.3) is 5.91 Å². The van der Waals surface area contributed by atoms with E-state index in [0.717, 1.165) is 12.1 Å². The molecule has 3 nitrogen and oxygen atoms in total. The molecule has 2 aromatic rings. The zero-order valence-corrected chi connectivity index (χ0v) is 12.1. The molecule has 2 N–H and O–H groups in total. The van der Waals surface area contributed by atoms with Crippen LogP contribution in [0.25, 0.3) is 0 Å². The first-order chi connectivity index (χ1) is 9.38. The number of anilines is 1. The second-order valence-electron chi connectivity index (χ2n) is 3.86. The smallest absolute Gasteiger partial charge is 0.261 e. The van der Waals surface area contributed by atoms with Crippen molar-refractivity contribution in [1.29, 1.82) is 0 Å². The monoisotopic (exact) mass is 361 g/mol. The van der Waals surface area contributed by atoms with Crippen molar-refractivity contribution < 1.29 is 18.7 Å². The van der Waals surface area contributed by atoms with E-state index in [9.17, 15) is 18.7 Å². The highest BCUT2D eigenvalue weighted by molar-refractivity contribution is 9.10. The van der Waals surface area contributed by atoms with Gasteiger partial charge in [0.1, 0.15) is 22.9 Å². The molecule has 0 heterocycles. The highest BCUT2D eigenvalue weighted by atomic mass is 79.9. The molecule has 0 fully saturated rings. The summed E-state index contributed by atoms with van der Waals surface area (Å²) in [7, 11) is 0. The van der Waals surface area contributed by atoms with Gasteiger partial charge in [0.2, 0.25) is 0 Å². The maximum atomic E-state index is 13.6. The molecule has 0 spiro atoms. The maximum absolute atomic E-state index is 13.6. The van der Waals surface area contributed by atoms with Crippen LogP contribution in [0.2, 0.25) is 5.02 Å². The van der Waals surface area contributed by atoms with Gasteiger partial charge in [0.05, 0.1) is 5.02 Å². The van der Waals surface area contributed by atoms with Crippen LogP contribution < -0.4 is 5.32 Å². The Labute approximate surface area is 126 Å². The first kappa shape index (κ1) is 14.7. The fourth-order valence-corrected chi connectivity index (χ4v) is 2.06. The average Bonchev–Trinajstić information content (AvgIpc) is 2.32. The molecular formula is C13H7BrClF2NO2.